The number of nitrogens with one attached hydrogen (secondary N) is 1. The average molecular weight is 657 g/mol. The van der Waals surface area contributed by atoms with Crippen molar-refractivity contribution in [3.63, 3.8) is 0 Å². The number of ether oxygens (including phenoxy) is 3. The zero-order valence-electron chi connectivity index (χ0n) is 21.7. The zero-order chi connectivity index (χ0) is 27.9. The number of rotatable bonds is 11. The highest BCUT2D eigenvalue weighted by atomic mass is 79.9. The highest BCUT2D eigenvalue weighted by molar-refractivity contribution is 9.13. The second-order valence-corrected chi connectivity index (χ2v) is 10.0. The van der Waals surface area contributed by atoms with Gasteiger partial charge in [-0.1, -0.05) is 12.7 Å². The van der Waals surface area contributed by atoms with E-state index in [1.54, 1.807) is 24.3 Å². The van der Waals surface area contributed by atoms with E-state index in [0.29, 0.717) is 44.1 Å². The first kappa shape index (κ1) is 28.3. The van der Waals surface area contributed by atoms with Crippen molar-refractivity contribution in [2.45, 2.75) is 20.5 Å². The van der Waals surface area contributed by atoms with Gasteiger partial charge in [-0.2, -0.15) is 5.10 Å². The van der Waals surface area contributed by atoms with Gasteiger partial charge in [-0.15, -0.1) is 0 Å². The Morgan fingerprint density at radius 2 is 1.77 bits per heavy atom. The molecule has 8 nitrogen and oxygen atoms in total. The maximum absolute atomic E-state index is 12.5. The molecule has 4 rings (SSSR count). The Morgan fingerprint density at radius 1 is 1.05 bits per heavy atom. The smallest absolute Gasteiger partial charge is 0.307 e. The van der Waals surface area contributed by atoms with Crippen LogP contribution < -0.4 is 19.6 Å². The van der Waals surface area contributed by atoms with Gasteiger partial charge in [0.1, 0.15) is 24.7 Å². The van der Waals surface area contributed by atoms with Crippen molar-refractivity contribution in [1.29, 1.82) is 0 Å². The molecule has 0 saturated heterocycles. The van der Waals surface area contributed by atoms with Crippen LogP contribution in [0.15, 0.2) is 85.7 Å². The van der Waals surface area contributed by atoms with E-state index in [4.69, 9.17) is 18.6 Å². The number of aromatic nitrogens is 1. The van der Waals surface area contributed by atoms with Crippen molar-refractivity contribution >= 4 is 44.0 Å². The van der Waals surface area contributed by atoms with E-state index < -0.39 is 5.91 Å². The summed E-state index contributed by atoms with van der Waals surface area (Å²) in [6, 6.07) is 17.0. The van der Waals surface area contributed by atoms with Crippen molar-refractivity contribution in [3.8, 4) is 22.9 Å². The maximum atomic E-state index is 12.5. The standard InChI is InChI=1S/C29H27Br2N3O5/c1-5-14-37-28-25(36-4)15-20(26(30)27(28)31)16-32-33-29(35)24-13-12-23(39-24)17-38-22-10-8-21(9-11-22)34-18(2)6-7-19(34)3/h5-13,15-16H,1,14,17H2,2-4H3,(H,33,35)/b32-16+. The van der Waals surface area contributed by atoms with Crippen LogP contribution in [0.25, 0.3) is 5.69 Å². The van der Waals surface area contributed by atoms with Gasteiger partial charge in [-0.05, 0) is 100 Å². The summed E-state index contributed by atoms with van der Waals surface area (Å²) in [6.07, 6.45) is 3.13. The van der Waals surface area contributed by atoms with Crippen LogP contribution >= 0.6 is 31.9 Å². The van der Waals surface area contributed by atoms with Crippen molar-refractivity contribution in [3.05, 3.63) is 105 Å². The van der Waals surface area contributed by atoms with E-state index in [0.717, 1.165) is 5.69 Å². The molecule has 2 aromatic carbocycles. The Bertz CT molecular complexity index is 1490. The van der Waals surface area contributed by atoms with Crippen molar-refractivity contribution in [2.75, 3.05) is 13.7 Å². The molecule has 0 saturated carbocycles. The summed E-state index contributed by atoms with van der Waals surface area (Å²) in [5, 5.41) is 4.05. The monoisotopic (exact) mass is 655 g/mol. The number of carbonyl (C=O) groups excluding carboxylic acids is 1. The molecule has 0 bridgehead atoms. The Labute approximate surface area is 243 Å². The Balaban J connectivity index is 1.35. The lowest BCUT2D eigenvalue weighted by molar-refractivity contribution is 0.0923. The molecule has 0 aliphatic carbocycles. The summed E-state index contributed by atoms with van der Waals surface area (Å²) in [6.45, 7) is 8.29. The second kappa shape index (κ2) is 12.9. The van der Waals surface area contributed by atoms with Crippen molar-refractivity contribution < 1.29 is 23.4 Å². The lowest BCUT2D eigenvalue weighted by Gasteiger charge is -2.14. The average Bonchev–Trinajstić information content (AvgIpc) is 3.55. The molecule has 0 spiro atoms. The minimum Gasteiger partial charge on any atom is -0.493 e. The Morgan fingerprint density at radius 3 is 2.44 bits per heavy atom. The van der Waals surface area contributed by atoms with Gasteiger partial charge < -0.3 is 23.2 Å². The van der Waals surface area contributed by atoms with Gasteiger partial charge >= 0.3 is 5.91 Å². The molecule has 1 amide bonds. The van der Waals surface area contributed by atoms with E-state index in [1.165, 1.54) is 24.7 Å². The van der Waals surface area contributed by atoms with E-state index in [2.05, 4.69) is 79.5 Å². The van der Waals surface area contributed by atoms with Crippen LogP contribution in [0.1, 0.15) is 33.3 Å². The fourth-order valence-corrected chi connectivity index (χ4v) is 4.78. The van der Waals surface area contributed by atoms with E-state index in [1.807, 2.05) is 24.3 Å². The quantitative estimate of drug-likeness (QED) is 0.105. The number of hydrogen-bond acceptors (Lipinski definition) is 6. The fourth-order valence-electron chi connectivity index (χ4n) is 3.84. The third kappa shape index (κ3) is 6.63. The normalized spacial score (nSPS) is 11.0. The fraction of sp³-hybridized carbons (Fsp3) is 0.172. The summed E-state index contributed by atoms with van der Waals surface area (Å²) < 4.78 is 26.1. The van der Waals surface area contributed by atoms with Crippen molar-refractivity contribution in [2.24, 2.45) is 5.10 Å². The Hall–Kier alpha value is -3.76. The van der Waals surface area contributed by atoms with Crippen LogP contribution in [0.2, 0.25) is 0 Å². The predicted octanol–water partition coefficient (Wildman–Crippen LogP) is 7.13. The van der Waals surface area contributed by atoms with Crippen LogP contribution in [0.4, 0.5) is 0 Å². The molecule has 4 aromatic rings. The van der Waals surface area contributed by atoms with E-state index >= 15 is 0 Å². The largest absolute Gasteiger partial charge is 0.493 e. The molecular formula is C29H27Br2N3O5. The topological polar surface area (TPSA) is 87.2 Å². The van der Waals surface area contributed by atoms with Gasteiger partial charge in [0.15, 0.2) is 17.3 Å². The summed E-state index contributed by atoms with van der Waals surface area (Å²) in [4.78, 5) is 12.5. The molecule has 0 atom stereocenters. The number of nitrogens with zero attached hydrogens (tertiary/aromatic N) is 2. The van der Waals surface area contributed by atoms with Gasteiger partial charge in [0, 0.05) is 27.1 Å². The number of halogens is 2. The summed E-state index contributed by atoms with van der Waals surface area (Å²) in [7, 11) is 1.54. The van der Waals surface area contributed by atoms with Crippen LogP contribution in [-0.4, -0.2) is 30.4 Å². The summed E-state index contributed by atoms with van der Waals surface area (Å²) in [5.74, 6) is 1.86. The first-order valence-corrected chi connectivity index (χ1v) is 13.5. The number of carbonyl (C=O) groups is 1. The molecule has 39 heavy (non-hydrogen) atoms. The molecule has 0 aliphatic rings. The minimum atomic E-state index is -0.493. The number of methoxy groups -OCH3 is 1. The highest BCUT2D eigenvalue weighted by Crippen LogP contribution is 2.42. The third-order valence-corrected chi connectivity index (χ3v) is 7.87. The summed E-state index contributed by atoms with van der Waals surface area (Å²) in [5.41, 5.74) is 6.52. The van der Waals surface area contributed by atoms with Crippen LogP contribution in [-0.2, 0) is 6.61 Å². The third-order valence-electron chi connectivity index (χ3n) is 5.72. The van der Waals surface area contributed by atoms with Gasteiger partial charge in [-0.3, -0.25) is 4.79 Å². The molecule has 202 valence electrons. The predicted molar refractivity (Wildman–Crippen MR) is 157 cm³/mol. The summed E-state index contributed by atoms with van der Waals surface area (Å²) >= 11 is 7.01. The number of benzene rings is 2. The molecule has 0 unspecified atom stereocenters. The number of hydrazone groups is 1. The van der Waals surface area contributed by atoms with Crippen LogP contribution in [0, 0.1) is 13.8 Å². The molecule has 1 N–H and O–H groups in total. The number of hydrogen-bond donors (Lipinski definition) is 1. The molecule has 10 heteroatoms. The maximum Gasteiger partial charge on any atom is 0.307 e. The van der Waals surface area contributed by atoms with Gasteiger partial charge in [0.25, 0.3) is 0 Å². The van der Waals surface area contributed by atoms with E-state index in [-0.39, 0.29) is 12.4 Å². The first-order chi connectivity index (χ1) is 18.8. The SMILES string of the molecule is C=CCOc1c(OC)cc(/C=N/NC(=O)c2ccc(COc3ccc(-n4c(C)ccc4C)cc3)o2)c(Br)c1Br. The molecule has 0 aliphatic heterocycles. The van der Waals surface area contributed by atoms with Crippen LogP contribution in [0.5, 0.6) is 17.2 Å². The molecule has 2 heterocycles. The van der Waals surface area contributed by atoms with Crippen molar-refractivity contribution in [1.82, 2.24) is 9.99 Å². The molecular weight excluding hydrogens is 630 g/mol. The van der Waals surface area contributed by atoms with Gasteiger partial charge in [-0.25, -0.2) is 5.43 Å². The van der Waals surface area contributed by atoms with Crippen LogP contribution in [0.3, 0.4) is 0 Å². The number of furan rings is 1. The minimum absolute atomic E-state index is 0.116. The lowest BCUT2D eigenvalue weighted by Crippen LogP contribution is -2.16. The molecule has 0 radical (unpaired) electrons. The highest BCUT2D eigenvalue weighted by Gasteiger charge is 2.17. The molecule has 2 aromatic heterocycles. The number of amides is 1. The second-order valence-electron chi connectivity index (χ2n) is 8.42. The first-order valence-electron chi connectivity index (χ1n) is 11.9. The Kier molecular flexibility index (Phi) is 9.32. The lowest BCUT2D eigenvalue weighted by atomic mass is 10.2. The van der Waals surface area contributed by atoms with Gasteiger partial charge in [0.05, 0.1) is 17.8 Å². The van der Waals surface area contributed by atoms with Gasteiger partial charge in [0.2, 0.25) is 0 Å². The number of aryl methyl sites for hydroxylation is 2. The zero-order valence-corrected chi connectivity index (χ0v) is 24.8. The van der Waals surface area contributed by atoms with E-state index in [9.17, 15) is 4.79 Å². The molecule has 0 fully saturated rings.